The summed E-state index contributed by atoms with van der Waals surface area (Å²) in [5.41, 5.74) is 0.207. The summed E-state index contributed by atoms with van der Waals surface area (Å²) >= 11 is 0. The Morgan fingerprint density at radius 3 is 2.62 bits per heavy atom. The highest BCUT2D eigenvalue weighted by atomic mass is 16.6. The van der Waals surface area contributed by atoms with Gasteiger partial charge in [0.1, 0.15) is 0 Å². The average molecular weight is 401 g/mol. The number of esters is 1. The molecule has 154 valence electrons. The van der Waals surface area contributed by atoms with E-state index in [0.29, 0.717) is 43.4 Å². The molecule has 3 rings (SSSR count). The molecule has 0 spiro atoms. The molecule has 0 bridgehead atoms. The molecule has 1 aliphatic heterocycles. The number of ether oxygens (including phenoxy) is 2. The van der Waals surface area contributed by atoms with Crippen LogP contribution >= 0.6 is 0 Å². The van der Waals surface area contributed by atoms with Gasteiger partial charge >= 0.3 is 12.1 Å². The van der Waals surface area contributed by atoms with Crippen molar-refractivity contribution in [3.8, 4) is 0 Å². The molecule has 2 amide bonds. The molecule has 29 heavy (non-hydrogen) atoms. The van der Waals surface area contributed by atoms with Crippen LogP contribution in [-0.2, 0) is 14.3 Å². The lowest BCUT2D eigenvalue weighted by Crippen LogP contribution is -2.47. The van der Waals surface area contributed by atoms with Gasteiger partial charge in [-0.1, -0.05) is 18.2 Å². The summed E-state index contributed by atoms with van der Waals surface area (Å²) in [4.78, 5) is 52.2. The molecule has 1 aromatic carbocycles. The van der Waals surface area contributed by atoms with Crippen molar-refractivity contribution in [2.45, 2.75) is 25.8 Å². The first-order valence-electron chi connectivity index (χ1n) is 9.48. The van der Waals surface area contributed by atoms with Crippen LogP contribution in [0.15, 0.2) is 35.1 Å². The molecule has 1 saturated heterocycles. The molecule has 0 unspecified atom stereocenters. The molecule has 0 atom stereocenters. The SMILES string of the molecule is CCOC(=O)N1CCC(NC(=O)COC(=O)c2cc(=O)[nH]c3ccccc23)CC1. The Morgan fingerprint density at radius 1 is 1.17 bits per heavy atom. The van der Waals surface area contributed by atoms with Gasteiger partial charge in [-0.15, -0.1) is 0 Å². The Kier molecular flexibility index (Phi) is 6.48. The van der Waals surface area contributed by atoms with Crippen LogP contribution in [-0.4, -0.2) is 60.2 Å². The second-order valence-electron chi connectivity index (χ2n) is 6.70. The molecule has 1 aliphatic rings. The maximum atomic E-state index is 12.4. The Morgan fingerprint density at radius 2 is 1.90 bits per heavy atom. The van der Waals surface area contributed by atoms with Gasteiger partial charge in [0, 0.05) is 36.1 Å². The Hall–Kier alpha value is -3.36. The van der Waals surface area contributed by atoms with Crippen molar-refractivity contribution in [1.29, 1.82) is 0 Å². The van der Waals surface area contributed by atoms with E-state index in [1.807, 2.05) is 0 Å². The minimum absolute atomic E-state index is 0.104. The summed E-state index contributed by atoms with van der Waals surface area (Å²) in [5, 5.41) is 3.35. The lowest BCUT2D eigenvalue weighted by molar-refractivity contribution is -0.125. The highest BCUT2D eigenvalue weighted by Crippen LogP contribution is 2.15. The van der Waals surface area contributed by atoms with E-state index in [1.165, 1.54) is 0 Å². The third-order valence-electron chi connectivity index (χ3n) is 4.69. The average Bonchev–Trinajstić information content (AvgIpc) is 2.72. The van der Waals surface area contributed by atoms with Crippen LogP contribution in [0.4, 0.5) is 4.79 Å². The van der Waals surface area contributed by atoms with Crippen LogP contribution in [0.2, 0.25) is 0 Å². The van der Waals surface area contributed by atoms with Gasteiger partial charge < -0.3 is 24.7 Å². The van der Waals surface area contributed by atoms with E-state index in [-0.39, 0.29) is 17.7 Å². The number of amides is 2. The van der Waals surface area contributed by atoms with Gasteiger partial charge in [-0.3, -0.25) is 9.59 Å². The summed E-state index contributed by atoms with van der Waals surface area (Å²) in [5.74, 6) is -1.17. The van der Waals surface area contributed by atoms with Crippen molar-refractivity contribution in [2.75, 3.05) is 26.3 Å². The zero-order valence-electron chi connectivity index (χ0n) is 16.1. The minimum Gasteiger partial charge on any atom is -0.452 e. The predicted molar refractivity (Wildman–Crippen MR) is 105 cm³/mol. The van der Waals surface area contributed by atoms with Crippen molar-refractivity contribution in [1.82, 2.24) is 15.2 Å². The molecule has 1 aromatic heterocycles. The monoisotopic (exact) mass is 401 g/mol. The maximum absolute atomic E-state index is 12.4. The molecule has 9 nitrogen and oxygen atoms in total. The van der Waals surface area contributed by atoms with E-state index < -0.39 is 24.0 Å². The first kappa shape index (κ1) is 20.4. The number of benzene rings is 1. The number of nitrogens with zero attached hydrogens (tertiary/aromatic N) is 1. The number of rotatable bonds is 5. The van der Waals surface area contributed by atoms with Crippen LogP contribution in [0.3, 0.4) is 0 Å². The zero-order valence-corrected chi connectivity index (χ0v) is 16.1. The highest BCUT2D eigenvalue weighted by Gasteiger charge is 2.25. The van der Waals surface area contributed by atoms with E-state index in [1.54, 1.807) is 36.1 Å². The smallest absolute Gasteiger partial charge is 0.409 e. The van der Waals surface area contributed by atoms with Gasteiger partial charge in [0.05, 0.1) is 12.2 Å². The number of carbonyl (C=O) groups excluding carboxylic acids is 3. The largest absolute Gasteiger partial charge is 0.452 e. The van der Waals surface area contributed by atoms with Gasteiger partial charge in [0.2, 0.25) is 5.56 Å². The van der Waals surface area contributed by atoms with Crippen molar-refractivity contribution in [2.24, 2.45) is 0 Å². The molecule has 2 heterocycles. The number of carbonyl (C=O) groups is 3. The molecule has 0 aliphatic carbocycles. The fourth-order valence-electron chi connectivity index (χ4n) is 3.27. The van der Waals surface area contributed by atoms with Crippen LogP contribution in [0.5, 0.6) is 0 Å². The minimum atomic E-state index is -0.736. The summed E-state index contributed by atoms with van der Waals surface area (Å²) < 4.78 is 10.1. The highest BCUT2D eigenvalue weighted by molar-refractivity contribution is 6.03. The topological polar surface area (TPSA) is 118 Å². The first-order valence-corrected chi connectivity index (χ1v) is 9.48. The van der Waals surface area contributed by atoms with Crippen LogP contribution in [0, 0.1) is 0 Å². The number of H-pyrrole nitrogens is 1. The predicted octanol–water partition coefficient (Wildman–Crippen LogP) is 1.42. The quantitative estimate of drug-likeness (QED) is 0.732. The number of fused-ring (bicyclic) bond motifs is 1. The zero-order chi connectivity index (χ0) is 20.8. The molecule has 0 saturated carbocycles. The second-order valence-corrected chi connectivity index (χ2v) is 6.70. The second kappa shape index (κ2) is 9.22. The van der Waals surface area contributed by atoms with Crippen molar-refractivity contribution < 1.29 is 23.9 Å². The molecular formula is C20H23N3O6. The Labute approximate surface area is 167 Å². The number of nitrogens with one attached hydrogen (secondary N) is 2. The van der Waals surface area contributed by atoms with E-state index >= 15 is 0 Å². The third-order valence-corrected chi connectivity index (χ3v) is 4.69. The standard InChI is InChI=1S/C20H23N3O6/c1-2-28-20(27)23-9-7-13(8-10-23)21-18(25)12-29-19(26)15-11-17(24)22-16-6-4-3-5-14(15)16/h3-6,11,13H,2,7-10,12H2,1H3,(H,21,25)(H,22,24). The Bertz CT molecular complexity index is 962. The first-order chi connectivity index (χ1) is 14.0. The van der Waals surface area contributed by atoms with E-state index in [4.69, 9.17) is 9.47 Å². The van der Waals surface area contributed by atoms with Gasteiger partial charge in [-0.2, -0.15) is 0 Å². The normalized spacial score (nSPS) is 14.4. The van der Waals surface area contributed by atoms with Gasteiger partial charge in [0.15, 0.2) is 6.61 Å². The van der Waals surface area contributed by atoms with E-state index in [2.05, 4.69) is 10.3 Å². The van der Waals surface area contributed by atoms with E-state index in [0.717, 1.165) is 6.07 Å². The Balaban J connectivity index is 1.51. The van der Waals surface area contributed by atoms with Crippen LogP contribution < -0.4 is 10.9 Å². The summed E-state index contributed by atoms with van der Waals surface area (Å²) in [6.07, 6.45) is 0.838. The summed E-state index contributed by atoms with van der Waals surface area (Å²) in [6.45, 7) is 2.60. The lowest BCUT2D eigenvalue weighted by Gasteiger charge is -2.31. The van der Waals surface area contributed by atoms with Crippen molar-refractivity contribution in [3.05, 3.63) is 46.2 Å². The number of aromatic amines is 1. The van der Waals surface area contributed by atoms with Crippen LogP contribution in [0.25, 0.3) is 10.9 Å². The van der Waals surface area contributed by atoms with Gasteiger partial charge in [-0.25, -0.2) is 9.59 Å². The van der Waals surface area contributed by atoms with Crippen molar-refractivity contribution in [3.63, 3.8) is 0 Å². The molecule has 1 fully saturated rings. The van der Waals surface area contributed by atoms with Gasteiger partial charge in [-0.05, 0) is 25.8 Å². The van der Waals surface area contributed by atoms with Gasteiger partial charge in [0.25, 0.3) is 5.91 Å². The number of hydrogen-bond donors (Lipinski definition) is 2. The maximum Gasteiger partial charge on any atom is 0.409 e. The molecular weight excluding hydrogens is 378 g/mol. The summed E-state index contributed by atoms with van der Waals surface area (Å²) in [7, 11) is 0. The summed E-state index contributed by atoms with van der Waals surface area (Å²) in [6, 6.07) is 7.92. The third kappa shape index (κ3) is 5.13. The van der Waals surface area contributed by atoms with Crippen LogP contribution in [0.1, 0.15) is 30.1 Å². The molecule has 9 heteroatoms. The number of piperidine rings is 1. The fraction of sp³-hybridized carbons (Fsp3) is 0.400. The number of para-hydroxylation sites is 1. The van der Waals surface area contributed by atoms with Crippen molar-refractivity contribution >= 4 is 28.9 Å². The number of pyridine rings is 1. The number of hydrogen-bond acceptors (Lipinski definition) is 6. The molecule has 2 aromatic rings. The molecule has 2 N–H and O–H groups in total. The lowest BCUT2D eigenvalue weighted by atomic mass is 10.1. The molecule has 0 radical (unpaired) electrons. The number of aromatic nitrogens is 1. The fourth-order valence-corrected chi connectivity index (χ4v) is 3.27. The number of likely N-dealkylation sites (tertiary alicyclic amines) is 1. The van der Waals surface area contributed by atoms with E-state index in [9.17, 15) is 19.2 Å².